The van der Waals surface area contributed by atoms with Gasteiger partial charge in [0.2, 0.25) is 0 Å². The molecule has 0 aliphatic heterocycles. The van der Waals surface area contributed by atoms with Gasteiger partial charge in [0.15, 0.2) is 11.5 Å². The van der Waals surface area contributed by atoms with Gasteiger partial charge in [-0.25, -0.2) is 9.59 Å². The third-order valence-corrected chi connectivity index (χ3v) is 3.18. The molecule has 0 saturated heterocycles. The lowest BCUT2D eigenvalue weighted by Crippen LogP contribution is -2.35. The Kier molecular flexibility index (Phi) is 5.75. The number of esters is 1. The Hall–Kier alpha value is -3.06. The number of phenolic OH excluding ortho intramolecular Hbond substituents is 2. The minimum absolute atomic E-state index is 0.0198. The van der Waals surface area contributed by atoms with E-state index in [0.717, 1.165) is 5.56 Å². The first-order chi connectivity index (χ1) is 11.5. The Morgan fingerprint density at radius 1 is 1.00 bits per heavy atom. The lowest BCUT2D eigenvalue weighted by Gasteiger charge is -2.11. The molecule has 0 bridgehead atoms. The van der Waals surface area contributed by atoms with Gasteiger partial charge in [0, 0.05) is 0 Å². The molecule has 0 aliphatic carbocycles. The molecule has 0 spiro atoms. The molecule has 126 valence electrons. The van der Waals surface area contributed by atoms with Gasteiger partial charge in [-0.2, -0.15) is 0 Å². The zero-order valence-corrected chi connectivity index (χ0v) is 12.7. The molecule has 0 saturated carbocycles. The van der Waals surface area contributed by atoms with Crippen LogP contribution in [0.25, 0.3) is 0 Å². The van der Waals surface area contributed by atoms with Gasteiger partial charge in [-0.1, -0.05) is 36.4 Å². The van der Waals surface area contributed by atoms with Crippen LogP contribution in [0.4, 0.5) is 4.79 Å². The monoisotopic (exact) mass is 331 g/mol. The van der Waals surface area contributed by atoms with Crippen LogP contribution in [0.2, 0.25) is 0 Å². The van der Waals surface area contributed by atoms with Gasteiger partial charge in [-0.05, 0) is 29.7 Å². The van der Waals surface area contributed by atoms with Gasteiger partial charge in [-0.15, -0.1) is 0 Å². The molecule has 7 heteroatoms. The van der Waals surface area contributed by atoms with Crippen LogP contribution in [0.15, 0.2) is 48.5 Å². The number of phenols is 2. The number of aromatic hydroxyl groups is 2. The maximum absolute atomic E-state index is 11.8. The summed E-state index contributed by atoms with van der Waals surface area (Å²) < 4.78 is 9.35. The molecule has 4 N–H and O–H groups in total. The van der Waals surface area contributed by atoms with Crippen LogP contribution < -0.4 is 5.73 Å². The van der Waals surface area contributed by atoms with E-state index in [1.165, 1.54) is 18.2 Å². The van der Waals surface area contributed by atoms with Crippen molar-refractivity contribution >= 4 is 12.1 Å². The highest BCUT2D eigenvalue weighted by atomic mass is 16.7. The van der Waals surface area contributed by atoms with Crippen molar-refractivity contribution in [3.05, 3.63) is 59.7 Å². The third kappa shape index (κ3) is 4.99. The molecule has 2 aromatic carbocycles. The van der Waals surface area contributed by atoms with Gasteiger partial charge >= 0.3 is 12.1 Å². The molecule has 0 amide bonds. The second-order valence-corrected chi connectivity index (χ2v) is 5.08. The van der Waals surface area contributed by atoms with E-state index < -0.39 is 18.2 Å². The average molecular weight is 331 g/mol. The SMILES string of the molecule is N[C@@H](Cc1ccc(O)c(O)c1)C(=O)OC(=O)OCc1ccccc1. The summed E-state index contributed by atoms with van der Waals surface area (Å²) in [6.07, 6.45) is -1.11. The van der Waals surface area contributed by atoms with Crippen LogP contribution in [0.1, 0.15) is 11.1 Å². The van der Waals surface area contributed by atoms with Crippen molar-refractivity contribution in [2.45, 2.75) is 19.1 Å². The average Bonchev–Trinajstić information content (AvgIpc) is 2.57. The zero-order valence-electron chi connectivity index (χ0n) is 12.7. The van der Waals surface area contributed by atoms with Crippen molar-refractivity contribution in [3.63, 3.8) is 0 Å². The summed E-state index contributed by atoms with van der Waals surface area (Å²) in [6, 6.07) is 11.9. The van der Waals surface area contributed by atoms with Gasteiger partial charge in [0.05, 0.1) is 0 Å². The van der Waals surface area contributed by atoms with Gasteiger partial charge in [0.25, 0.3) is 0 Å². The number of benzene rings is 2. The number of carbonyl (C=O) groups excluding carboxylic acids is 2. The van der Waals surface area contributed by atoms with Crippen molar-refractivity contribution in [2.75, 3.05) is 0 Å². The molecule has 7 nitrogen and oxygen atoms in total. The van der Waals surface area contributed by atoms with Gasteiger partial charge in [-0.3, -0.25) is 0 Å². The molecular formula is C17H17NO6. The summed E-state index contributed by atoms with van der Waals surface area (Å²) in [6.45, 7) is -0.0198. The fourth-order valence-electron chi connectivity index (χ4n) is 1.94. The first kappa shape index (κ1) is 17.3. The predicted octanol–water partition coefficient (Wildman–Crippen LogP) is 1.85. The second-order valence-electron chi connectivity index (χ2n) is 5.08. The Morgan fingerprint density at radius 3 is 2.38 bits per heavy atom. The van der Waals surface area contributed by atoms with Crippen molar-refractivity contribution < 1.29 is 29.3 Å². The lowest BCUT2D eigenvalue weighted by molar-refractivity contribution is -0.141. The van der Waals surface area contributed by atoms with E-state index in [1.807, 2.05) is 6.07 Å². The van der Waals surface area contributed by atoms with E-state index in [1.54, 1.807) is 24.3 Å². The fraction of sp³-hybridized carbons (Fsp3) is 0.176. The van der Waals surface area contributed by atoms with Crippen LogP contribution in [-0.2, 0) is 27.3 Å². The normalized spacial score (nSPS) is 11.5. The number of carbonyl (C=O) groups is 2. The Bertz CT molecular complexity index is 716. The molecule has 0 fully saturated rings. The minimum atomic E-state index is -1.13. The van der Waals surface area contributed by atoms with E-state index in [0.29, 0.717) is 5.56 Å². The van der Waals surface area contributed by atoms with E-state index in [2.05, 4.69) is 4.74 Å². The maximum Gasteiger partial charge on any atom is 0.516 e. The third-order valence-electron chi connectivity index (χ3n) is 3.18. The molecule has 2 rings (SSSR count). The van der Waals surface area contributed by atoms with Crippen molar-refractivity contribution in [3.8, 4) is 11.5 Å². The first-order valence-electron chi connectivity index (χ1n) is 7.14. The van der Waals surface area contributed by atoms with Crippen LogP contribution >= 0.6 is 0 Å². The fourth-order valence-corrected chi connectivity index (χ4v) is 1.94. The van der Waals surface area contributed by atoms with E-state index in [4.69, 9.17) is 10.5 Å². The molecule has 0 aliphatic rings. The molecule has 1 atom stereocenters. The predicted molar refractivity (Wildman–Crippen MR) is 84.2 cm³/mol. The number of hydrogen-bond acceptors (Lipinski definition) is 7. The summed E-state index contributed by atoms with van der Waals surface area (Å²) in [5, 5.41) is 18.6. The number of hydrogen-bond donors (Lipinski definition) is 3. The summed E-state index contributed by atoms with van der Waals surface area (Å²) in [5.41, 5.74) is 6.93. The van der Waals surface area contributed by atoms with Crippen LogP contribution in [-0.4, -0.2) is 28.4 Å². The molecule has 2 aromatic rings. The number of ether oxygens (including phenoxy) is 2. The smallest absolute Gasteiger partial charge is 0.504 e. The summed E-state index contributed by atoms with van der Waals surface area (Å²) in [7, 11) is 0. The quantitative estimate of drug-likeness (QED) is 0.434. The summed E-state index contributed by atoms with van der Waals surface area (Å²) in [4.78, 5) is 23.2. The van der Waals surface area contributed by atoms with Gasteiger partial charge < -0.3 is 25.4 Å². The van der Waals surface area contributed by atoms with E-state index in [9.17, 15) is 19.8 Å². The number of nitrogens with two attached hydrogens (primary N) is 1. The van der Waals surface area contributed by atoms with Crippen LogP contribution in [0, 0.1) is 0 Å². The molecule has 0 heterocycles. The largest absolute Gasteiger partial charge is 0.516 e. The molecule has 0 unspecified atom stereocenters. The highest BCUT2D eigenvalue weighted by Crippen LogP contribution is 2.25. The van der Waals surface area contributed by atoms with E-state index >= 15 is 0 Å². The number of rotatable bonds is 5. The minimum Gasteiger partial charge on any atom is -0.504 e. The van der Waals surface area contributed by atoms with Crippen molar-refractivity contribution in [1.82, 2.24) is 0 Å². The standard InChI is InChI=1S/C17H17NO6/c18-13(8-12-6-7-14(19)15(20)9-12)16(21)24-17(22)23-10-11-4-2-1-3-5-11/h1-7,9,13,19-20H,8,10,18H2/t13-/m0/s1. The van der Waals surface area contributed by atoms with Crippen LogP contribution in [0.5, 0.6) is 11.5 Å². The zero-order chi connectivity index (χ0) is 17.5. The molecule has 24 heavy (non-hydrogen) atoms. The van der Waals surface area contributed by atoms with Crippen molar-refractivity contribution in [2.24, 2.45) is 5.73 Å². The Labute approximate surface area is 138 Å². The maximum atomic E-state index is 11.8. The summed E-state index contributed by atoms with van der Waals surface area (Å²) >= 11 is 0. The topological polar surface area (TPSA) is 119 Å². The van der Waals surface area contributed by atoms with Crippen LogP contribution in [0.3, 0.4) is 0 Å². The highest BCUT2D eigenvalue weighted by Gasteiger charge is 2.20. The molecule has 0 aromatic heterocycles. The Balaban J connectivity index is 1.82. The lowest BCUT2D eigenvalue weighted by atomic mass is 10.1. The Morgan fingerprint density at radius 2 is 1.71 bits per heavy atom. The van der Waals surface area contributed by atoms with Crippen molar-refractivity contribution in [1.29, 1.82) is 0 Å². The summed E-state index contributed by atoms with van der Waals surface area (Å²) in [5.74, 6) is -1.55. The second kappa shape index (κ2) is 7.98. The van der Waals surface area contributed by atoms with Gasteiger partial charge in [0.1, 0.15) is 12.6 Å². The van der Waals surface area contributed by atoms with E-state index in [-0.39, 0.29) is 24.5 Å². The highest BCUT2D eigenvalue weighted by molar-refractivity contribution is 5.85. The first-order valence-corrected chi connectivity index (χ1v) is 7.14. The molecule has 0 radical (unpaired) electrons. The molecular weight excluding hydrogens is 314 g/mol.